The molecule has 0 unspecified atom stereocenters. The quantitative estimate of drug-likeness (QED) is 0.633. The van der Waals surface area contributed by atoms with E-state index < -0.39 is 0 Å². The average molecular weight is 201 g/mol. The number of rotatable bonds is 7. The predicted molar refractivity (Wildman–Crippen MR) is 57.2 cm³/mol. The van der Waals surface area contributed by atoms with E-state index in [0.717, 1.165) is 39.2 Å². The van der Waals surface area contributed by atoms with Crippen LogP contribution >= 0.6 is 0 Å². The van der Waals surface area contributed by atoms with Crippen molar-refractivity contribution in [3.8, 4) is 0 Å². The van der Waals surface area contributed by atoms with Gasteiger partial charge in [-0.2, -0.15) is 0 Å². The van der Waals surface area contributed by atoms with Crippen molar-refractivity contribution < 1.29 is 9.47 Å². The molecule has 0 spiro atoms. The number of hydrogen-bond donors (Lipinski definition) is 1. The number of hydrogen-bond acceptors (Lipinski definition) is 3. The van der Waals surface area contributed by atoms with Gasteiger partial charge in [-0.1, -0.05) is 13.8 Å². The summed E-state index contributed by atoms with van der Waals surface area (Å²) in [6, 6.07) is 0. The fraction of sp³-hybridized carbons (Fsp3) is 1.00. The van der Waals surface area contributed by atoms with Crippen molar-refractivity contribution in [1.82, 2.24) is 0 Å². The van der Waals surface area contributed by atoms with Crippen LogP contribution in [0.3, 0.4) is 0 Å². The first-order valence-corrected chi connectivity index (χ1v) is 5.61. The summed E-state index contributed by atoms with van der Waals surface area (Å²) in [4.78, 5) is 0. The minimum atomic E-state index is 0.450. The Labute approximate surface area is 86.9 Å². The summed E-state index contributed by atoms with van der Waals surface area (Å²) in [7, 11) is 0. The fourth-order valence-electron chi connectivity index (χ4n) is 1.60. The lowest BCUT2D eigenvalue weighted by molar-refractivity contribution is -0.0528. The molecule has 84 valence electrons. The maximum absolute atomic E-state index is 5.61. The summed E-state index contributed by atoms with van der Waals surface area (Å²) in [5, 5.41) is 0. The van der Waals surface area contributed by atoms with Crippen molar-refractivity contribution in [2.45, 2.75) is 32.8 Å². The van der Waals surface area contributed by atoms with E-state index in [4.69, 9.17) is 15.2 Å². The normalized spacial score (nSPS) is 26.6. The zero-order valence-corrected chi connectivity index (χ0v) is 9.37. The van der Waals surface area contributed by atoms with Crippen LogP contribution in [-0.2, 0) is 9.47 Å². The van der Waals surface area contributed by atoms with Crippen LogP contribution < -0.4 is 5.73 Å². The highest BCUT2D eigenvalue weighted by Crippen LogP contribution is 2.28. The SMILES string of the molecule is CC(C)COCCOC1CC(CN)C1. The molecule has 0 amide bonds. The molecule has 0 aliphatic heterocycles. The van der Waals surface area contributed by atoms with Crippen LogP contribution in [0.4, 0.5) is 0 Å². The monoisotopic (exact) mass is 201 g/mol. The molecule has 0 aromatic rings. The topological polar surface area (TPSA) is 44.5 Å². The Morgan fingerprint density at radius 1 is 1.29 bits per heavy atom. The van der Waals surface area contributed by atoms with Gasteiger partial charge in [-0.15, -0.1) is 0 Å². The van der Waals surface area contributed by atoms with E-state index in [1.807, 2.05) is 0 Å². The molecular weight excluding hydrogens is 178 g/mol. The van der Waals surface area contributed by atoms with Crippen LogP contribution in [0.1, 0.15) is 26.7 Å². The molecule has 14 heavy (non-hydrogen) atoms. The molecule has 0 aromatic heterocycles. The molecule has 1 saturated carbocycles. The van der Waals surface area contributed by atoms with Gasteiger partial charge in [0.25, 0.3) is 0 Å². The summed E-state index contributed by atoms with van der Waals surface area (Å²) in [5.41, 5.74) is 5.53. The molecule has 3 nitrogen and oxygen atoms in total. The summed E-state index contributed by atoms with van der Waals surface area (Å²) >= 11 is 0. The predicted octanol–water partition coefficient (Wildman–Crippen LogP) is 1.41. The number of ether oxygens (including phenoxy) is 2. The van der Waals surface area contributed by atoms with Crippen LogP contribution in [-0.4, -0.2) is 32.5 Å². The lowest BCUT2D eigenvalue weighted by Crippen LogP contribution is -2.36. The molecule has 1 rings (SSSR count). The largest absolute Gasteiger partial charge is 0.379 e. The van der Waals surface area contributed by atoms with E-state index in [1.165, 1.54) is 0 Å². The molecule has 3 heteroatoms. The van der Waals surface area contributed by atoms with Gasteiger partial charge in [0, 0.05) is 6.61 Å². The van der Waals surface area contributed by atoms with Crippen molar-refractivity contribution in [3.05, 3.63) is 0 Å². The van der Waals surface area contributed by atoms with Gasteiger partial charge < -0.3 is 15.2 Å². The molecule has 2 N–H and O–H groups in total. The van der Waals surface area contributed by atoms with E-state index in [-0.39, 0.29) is 0 Å². The highest BCUT2D eigenvalue weighted by Gasteiger charge is 2.28. The lowest BCUT2D eigenvalue weighted by atomic mass is 9.82. The maximum atomic E-state index is 5.61. The molecule has 1 aliphatic rings. The zero-order chi connectivity index (χ0) is 10.4. The first-order valence-electron chi connectivity index (χ1n) is 5.61. The molecule has 0 aromatic carbocycles. The van der Waals surface area contributed by atoms with Gasteiger partial charge >= 0.3 is 0 Å². The smallest absolute Gasteiger partial charge is 0.0704 e. The van der Waals surface area contributed by atoms with Crippen LogP contribution in [0.2, 0.25) is 0 Å². The Bertz CT molecular complexity index is 144. The first kappa shape index (κ1) is 12.0. The van der Waals surface area contributed by atoms with Gasteiger partial charge in [0.2, 0.25) is 0 Å². The van der Waals surface area contributed by atoms with Gasteiger partial charge in [0.15, 0.2) is 0 Å². The summed E-state index contributed by atoms with van der Waals surface area (Å²) < 4.78 is 11.0. The van der Waals surface area contributed by atoms with Crippen molar-refractivity contribution in [2.24, 2.45) is 17.6 Å². The Hall–Kier alpha value is -0.120. The third-order valence-electron chi connectivity index (χ3n) is 2.56. The van der Waals surface area contributed by atoms with E-state index in [9.17, 15) is 0 Å². The van der Waals surface area contributed by atoms with E-state index in [2.05, 4.69) is 13.8 Å². The molecule has 1 aliphatic carbocycles. The lowest BCUT2D eigenvalue weighted by Gasteiger charge is -2.34. The minimum Gasteiger partial charge on any atom is -0.379 e. The van der Waals surface area contributed by atoms with Crippen molar-refractivity contribution in [2.75, 3.05) is 26.4 Å². The Morgan fingerprint density at radius 2 is 2.00 bits per heavy atom. The summed E-state index contributed by atoms with van der Waals surface area (Å²) in [6.45, 7) is 7.40. The highest BCUT2D eigenvalue weighted by atomic mass is 16.5. The third kappa shape index (κ3) is 4.40. The zero-order valence-electron chi connectivity index (χ0n) is 9.37. The molecule has 0 atom stereocenters. The molecule has 0 radical (unpaired) electrons. The molecule has 0 saturated heterocycles. The van der Waals surface area contributed by atoms with Gasteiger partial charge in [-0.05, 0) is 31.2 Å². The second kappa shape index (κ2) is 6.38. The first-order chi connectivity index (χ1) is 6.72. The van der Waals surface area contributed by atoms with Crippen molar-refractivity contribution in [1.29, 1.82) is 0 Å². The second-order valence-corrected chi connectivity index (χ2v) is 4.53. The summed E-state index contributed by atoms with van der Waals surface area (Å²) in [5.74, 6) is 1.32. The Morgan fingerprint density at radius 3 is 2.57 bits per heavy atom. The minimum absolute atomic E-state index is 0.450. The highest BCUT2D eigenvalue weighted by molar-refractivity contribution is 4.80. The Kier molecular flexibility index (Phi) is 5.45. The fourth-order valence-corrected chi connectivity index (χ4v) is 1.60. The Balaban J connectivity index is 1.81. The van der Waals surface area contributed by atoms with Crippen LogP contribution in [0.25, 0.3) is 0 Å². The third-order valence-corrected chi connectivity index (χ3v) is 2.56. The second-order valence-electron chi connectivity index (χ2n) is 4.53. The van der Waals surface area contributed by atoms with Gasteiger partial charge in [-0.25, -0.2) is 0 Å². The van der Waals surface area contributed by atoms with Gasteiger partial charge in [-0.3, -0.25) is 0 Å². The summed E-state index contributed by atoms with van der Waals surface area (Å²) in [6.07, 6.45) is 2.73. The van der Waals surface area contributed by atoms with Gasteiger partial charge in [0.05, 0.1) is 19.3 Å². The van der Waals surface area contributed by atoms with Gasteiger partial charge in [0.1, 0.15) is 0 Å². The average Bonchev–Trinajstić information content (AvgIpc) is 2.07. The molecule has 0 heterocycles. The van der Waals surface area contributed by atoms with E-state index in [1.54, 1.807) is 0 Å². The molecule has 0 bridgehead atoms. The number of nitrogens with two attached hydrogens (primary N) is 1. The van der Waals surface area contributed by atoms with Crippen LogP contribution in [0, 0.1) is 11.8 Å². The van der Waals surface area contributed by atoms with Crippen molar-refractivity contribution in [3.63, 3.8) is 0 Å². The standard InChI is InChI=1S/C11H23NO2/c1-9(2)8-13-3-4-14-11-5-10(6-11)7-12/h9-11H,3-8,12H2,1-2H3. The van der Waals surface area contributed by atoms with Crippen LogP contribution in [0.5, 0.6) is 0 Å². The van der Waals surface area contributed by atoms with Crippen molar-refractivity contribution >= 4 is 0 Å². The van der Waals surface area contributed by atoms with E-state index >= 15 is 0 Å². The molecule has 1 fully saturated rings. The van der Waals surface area contributed by atoms with Crippen LogP contribution in [0.15, 0.2) is 0 Å². The molecular formula is C11H23NO2. The maximum Gasteiger partial charge on any atom is 0.0704 e. The van der Waals surface area contributed by atoms with E-state index in [0.29, 0.717) is 17.9 Å².